The van der Waals surface area contributed by atoms with Crippen LogP contribution in [0.4, 0.5) is 4.79 Å². The number of hydrogen-bond donors (Lipinski definition) is 2. The molecule has 0 radical (unpaired) electrons. The number of fused-ring (bicyclic) bond motifs is 2. The van der Waals surface area contributed by atoms with Crippen LogP contribution in [-0.4, -0.2) is 30.3 Å². The molecule has 1 unspecified atom stereocenters. The molecule has 0 aromatic heterocycles. The van der Waals surface area contributed by atoms with E-state index in [1.165, 1.54) is 0 Å². The van der Waals surface area contributed by atoms with E-state index in [0.29, 0.717) is 24.3 Å². The van der Waals surface area contributed by atoms with E-state index in [9.17, 15) is 4.79 Å². The van der Waals surface area contributed by atoms with Gasteiger partial charge in [-0.05, 0) is 25.2 Å². The first-order chi connectivity index (χ1) is 8.35. The first-order valence-corrected chi connectivity index (χ1v) is 7.08. The summed E-state index contributed by atoms with van der Waals surface area (Å²) in [6, 6.07) is 0.0812. The molecule has 4 nitrogen and oxygen atoms in total. The number of carbonyl (C=O) groups excluding carboxylic acids is 1. The van der Waals surface area contributed by atoms with Crippen molar-refractivity contribution in [1.29, 1.82) is 0 Å². The van der Waals surface area contributed by atoms with Crippen LogP contribution < -0.4 is 10.6 Å². The molecule has 2 rings (SSSR count). The van der Waals surface area contributed by atoms with Crippen molar-refractivity contribution in [1.82, 2.24) is 10.6 Å². The standard InChI is InChI=1S/C14H26N2O2/c1-8(2)6-14-7-15-13(17)16-12(10(5)18-14)11(14)9(3)4/h8-12H,6-7H2,1-5H3,(H2,15,16,17)/t10-,11?,12+,14-/m0/s1. The summed E-state index contributed by atoms with van der Waals surface area (Å²) in [6.07, 6.45) is 1.10. The summed E-state index contributed by atoms with van der Waals surface area (Å²) in [6.45, 7) is 11.6. The minimum atomic E-state index is -0.203. The van der Waals surface area contributed by atoms with E-state index in [-0.39, 0.29) is 23.8 Å². The van der Waals surface area contributed by atoms with Crippen molar-refractivity contribution < 1.29 is 9.53 Å². The molecule has 0 saturated carbocycles. The molecule has 2 fully saturated rings. The highest BCUT2D eigenvalue weighted by molar-refractivity contribution is 5.75. The molecule has 2 aliphatic heterocycles. The zero-order chi connectivity index (χ0) is 13.5. The number of nitrogens with one attached hydrogen (secondary N) is 2. The van der Waals surface area contributed by atoms with Crippen molar-refractivity contribution in [2.24, 2.45) is 17.8 Å². The first-order valence-electron chi connectivity index (χ1n) is 7.08. The average molecular weight is 254 g/mol. The highest BCUT2D eigenvalue weighted by atomic mass is 16.5. The number of amides is 2. The molecule has 2 N–H and O–H groups in total. The second-order valence-electron chi connectivity index (χ2n) is 6.61. The zero-order valence-corrected chi connectivity index (χ0v) is 12.1. The minimum Gasteiger partial charge on any atom is -0.368 e. The van der Waals surface area contributed by atoms with Crippen LogP contribution in [0.2, 0.25) is 0 Å². The van der Waals surface area contributed by atoms with Gasteiger partial charge in [-0.3, -0.25) is 0 Å². The van der Waals surface area contributed by atoms with Gasteiger partial charge in [0.1, 0.15) is 0 Å². The topological polar surface area (TPSA) is 50.4 Å². The molecule has 2 heterocycles. The van der Waals surface area contributed by atoms with Gasteiger partial charge in [0.25, 0.3) is 0 Å². The van der Waals surface area contributed by atoms with Gasteiger partial charge in [-0.2, -0.15) is 0 Å². The van der Waals surface area contributed by atoms with Crippen LogP contribution in [0, 0.1) is 17.8 Å². The van der Waals surface area contributed by atoms with Gasteiger partial charge in [-0.15, -0.1) is 0 Å². The van der Waals surface area contributed by atoms with Crippen molar-refractivity contribution >= 4 is 6.03 Å². The lowest BCUT2D eigenvalue weighted by atomic mass is 9.73. The van der Waals surface area contributed by atoms with E-state index in [0.717, 1.165) is 6.42 Å². The predicted octanol–water partition coefficient (Wildman–Crippen LogP) is 2.14. The molecule has 4 atom stereocenters. The summed E-state index contributed by atoms with van der Waals surface area (Å²) in [4.78, 5) is 11.7. The van der Waals surface area contributed by atoms with Gasteiger partial charge in [0.15, 0.2) is 0 Å². The quantitative estimate of drug-likeness (QED) is 0.810. The van der Waals surface area contributed by atoms with Crippen molar-refractivity contribution in [3.05, 3.63) is 0 Å². The van der Waals surface area contributed by atoms with Crippen LogP contribution in [0.25, 0.3) is 0 Å². The highest BCUT2D eigenvalue weighted by Crippen LogP contribution is 2.45. The van der Waals surface area contributed by atoms with Crippen LogP contribution in [0.5, 0.6) is 0 Å². The Balaban J connectivity index is 2.35. The molecule has 0 aliphatic carbocycles. The molecule has 0 spiro atoms. The SMILES string of the molecule is CC(C)C[C@]12CNC(=O)N[C@@H](C1C(C)C)[C@H](C)O2. The first kappa shape index (κ1) is 13.7. The summed E-state index contributed by atoms with van der Waals surface area (Å²) < 4.78 is 6.31. The number of hydrogen-bond acceptors (Lipinski definition) is 2. The van der Waals surface area contributed by atoms with E-state index in [1.54, 1.807) is 0 Å². The Morgan fingerprint density at radius 2 is 2.06 bits per heavy atom. The van der Waals surface area contributed by atoms with Crippen LogP contribution in [0.1, 0.15) is 41.0 Å². The van der Waals surface area contributed by atoms with E-state index in [2.05, 4.69) is 45.3 Å². The lowest BCUT2D eigenvalue weighted by Gasteiger charge is -2.37. The summed E-state index contributed by atoms with van der Waals surface area (Å²) in [5.74, 6) is 1.44. The average Bonchev–Trinajstić information content (AvgIpc) is 2.38. The Bertz CT molecular complexity index is 326. The Kier molecular flexibility index (Phi) is 3.58. The molecule has 2 bridgehead atoms. The fourth-order valence-corrected chi connectivity index (χ4v) is 3.91. The monoisotopic (exact) mass is 254 g/mol. The molecule has 2 saturated heterocycles. The zero-order valence-electron chi connectivity index (χ0n) is 12.1. The van der Waals surface area contributed by atoms with E-state index in [4.69, 9.17) is 4.74 Å². The maximum Gasteiger partial charge on any atom is 0.315 e. The van der Waals surface area contributed by atoms with Crippen LogP contribution in [-0.2, 0) is 4.74 Å². The van der Waals surface area contributed by atoms with E-state index >= 15 is 0 Å². The number of rotatable bonds is 3. The van der Waals surface area contributed by atoms with E-state index in [1.807, 2.05) is 0 Å². The van der Waals surface area contributed by atoms with E-state index < -0.39 is 0 Å². The summed E-state index contributed by atoms with van der Waals surface area (Å²) in [7, 11) is 0. The molecule has 18 heavy (non-hydrogen) atoms. The molecule has 2 amide bonds. The third-order valence-corrected chi connectivity index (χ3v) is 4.24. The molecule has 0 aromatic rings. The largest absolute Gasteiger partial charge is 0.368 e. The van der Waals surface area contributed by atoms with Gasteiger partial charge in [-0.1, -0.05) is 27.7 Å². The molecule has 2 aliphatic rings. The maximum absolute atomic E-state index is 11.7. The van der Waals surface area contributed by atoms with Gasteiger partial charge in [0, 0.05) is 12.5 Å². The van der Waals surface area contributed by atoms with Gasteiger partial charge in [0.05, 0.1) is 17.7 Å². The maximum atomic E-state index is 11.7. The Hall–Kier alpha value is -0.770. The Morgan fingerprint density at radius 1 is 1.39 bits per heavy atom. The smallest absolute Gasteiger partial charge is 0.315 e. The lowest BCUT2D eigenvalue weighted by Crippen LogP contribution is -2.48. The van der Waals surface area contributed by atoms with Crippen molar-refractivity contribution in [2.75, 3.05) is 6.54 Å². The summed E-state index contributed by atoms with van der Waals surface area (Å²) in [5, 5.41) is 6.03. The van der Waals surface area contributed by atoms with Crippen molar-refractivity contribution in [3.8, 4) is 0 Å². The molecular weight excluding hydrogens is 228 g/mol. The fourth-order valence-electron chi connectivity index (χ4n) is 3.91. The van der Waals surface area contributed by atoms with Crippen LogP contribution in [0.3, 0.4) is 0 Å². The molecule has 104 valence electrons. The van der Waals surface area contributed by atoms with Gasteiger partial charge in [-0.25, -0.2) is 4.79 Å². The Labute approximate surface area is 110 Å². The number of ether oxygens (including phenoxy) is 1. The van der Waals surface area contributed by atoms with Crippen molar-refractivity contribution in [3.63, 3.8) is 0 Å². The minimum absolute atomic E-state index is 0.0496. The van der Waals surface area contributed by atoms with Crippen molar-refractivity contribution in [2.45, 2.75) is 58.8 Å². The second-order valence-corrected chi connectivity index (χ2v) is 6.61. The van der Waals surface area contributed by atoms with Crippen LogP contribution in [0.15, 0.2) is 0 Å². The molecule has 0 aromatic carbocycles. The second kappa shape index (κ2) is 4.72. The lowest BCUT2D eigenvalue weighted by molar-refractivity contribution is -0.0705. The van der Waals surface area contributed by atoms with Gasteiger partial charge < -0.3 is 15.4 Å². The molecular formula is C14H26N2O2. The normalized spacial score (nSPS) is 39.7. The van der Waals surface area contributed by atoms with Gasteiger partial charge in [0.2, 0.25) is 0 Å². The Morgan fingerprint density at radius 3 is 2.61 bits per heavy atom. The number of carbonyl (C=O) groups is 1. The molecule has 4 heteroatoms. The third-order valence-electron chi connectivity index (χ3n) is 4.24. The highest BCUT2D eigenvalue weighted by Gasteiger charge is 2.56. The fraction of sp³-hybridized carbons (Fsp3) is 0.929. The summed E-state index contributed by atoms with van der Waals surface area (Å²) in [5.41, 5.74) is -0.203. The predicted molar refractivity (Wildman–Crippen MR) is 71.4 cm³/mol. The van der Waals surface area contributed by atoms with Gasteiger partial charge >= 0.3 is 6.03 Å². The van der Waals surface area contributed by atoms with Crippen LogP contribution >= 0.6 is 0 Å². The third kappa shape index (κ3) is 2.22. The summed E-state index contributed by atoms with van der Waals surface area (Å²) >= 11 is 0. The number of urea groups is 1.